The van der Waals surface area contributed by atoms with Crippen LogP contribution in [0.5, 0.6) is 5.75 Å². The van der Waals surface area contributed by atoms with Crippen LogP contribution in [0.15, 0.2) is 46.1 Å². The van der Waals surface area contributed by atoms with Crippen molar-refractivity contribution in [2.75, 3.05) is 6.61 Å². The molecular formula is C13H12O3. The summed E-state index contributed by atoms with van der Waals surface area (Å²) in [6.07, 6.45) is 1.63. The molecule has 0 N–H and O–H groups in total. The molecule has 0 amide bonds. The van der Waals surface area contributed by atoms with Crippen LogP contribution in [0.2, 0.25) is 0 Å². The van der Waals surface area contributed by atoms with Gasteiger partial charge in [-0.3, -0.25) is 0 Å². The van der Waals surface area contributed by atoms with E-state index in [2.05, 4.69) is 6.58 Å². The molecule has 0 saturated carbocycles. The highest BCUT2D eigenvalue weighted by atomic mass is 16.5. The van der Waals surface area contributed by atoms with Crippen LogP contribution in [0, 0.1) is 6.92 Å². The molecule has 0 fully saturated rings. The predicted octanol–water partition coefficient (Wildman–Crippen LogP) is 2.67. The Bertz CT molecular complexity index is 581. The molecule has 2 rings (SSSR count). The first-order chi connectivity index (χ1) is 7.70. The average Bonchev–Trinajstić information content (AvgIpc) is 2.25. The normalized spacial score (nSPS) is 10.3. The predicted molar refractivity (Wildman–Crippen MR) is 62.9 cm³/mol. The van der Waals surface area contributed by atoms with Crippen LogP contribution in [-0.4, -0.2) is 6.61 Å². The van der Waals surface area contributed by atoms with E-state index in [-0.39, 0.29) is 0 Å². The van der Waals surface area contributed by atoms with Crippen molar-refractivity contribution in [3.05, 3.63) is 52.9 Å². The zero-order valence-electron chi connectivity index (χ0n) is 9.03. The van der Waals surface area contributed by atoms with Crippen molar-refractivity contribution in [1.29, 1.82) is 0 Å². The maximum absolute atomic E-state index is 11.3. The fourth-order valence-electron chi connectivity index (χ4n) is 1.51. The minimum Gasteiger partial charge on any atom is -0.489 e. The molecule has 3 heteroatoms. The molecule has 1 aromatic carbocycles. The minimum atomic E-state index is -0.405. The van der Waals surface area contributed by atoms with Gasteiger partial charge in [0.1, 0.15) is 17.9 Å². The second-order valence-corrected chi connectivity index (χ2v) is 3.53. The fraction of sp³-hybridized carbons (Fsp3) is 0.154. The molecule has 0 atom stereocenters. The standard InChI is InChI=1S/C13H12O3/c1-3-6-15-11-8-13(14)16-12-7-9(2)4-5-10(11)12/h3-5,7-8H,1,6H2,2H3. The molecule has 0 aliphatic heterocycles. The number of aryl methyl sites for hydroxylation is 1. The lowest BCUT2D eigenvalue weighted by Gasteiger charge is -2.06. The molecule has 3 nitrogen and oxygen atoms in total. The van der Waals surface area contributed by atoms with Gasteiger partial charge in [0.15, 0.2) is 0 Å². The van der Waals surface area contributed by atoms with Crippen molar-refractivity contribution >= 4 is 11.0 Å². The lowest BCUT2D eigenvalue weighted by atomic mass is 10.1. The number of hydrogen-bond acceptors (Lipinski definition) is 3. The Kier molecular flexibility index (Phi) is 2.77. The van der Waals surface area contributed by atoms with Gasteiger partial charge in [-0.25, -0.2) is 4.79 Å². The second-order valence-electron chi connectivity index (χ2n) is 3.53. The number of fused-ring (bicyclic) bond motifs is 1. The van der Waals surface area contributed by atoms with Gasteiger partial charge in [-0.05, 0) is 24.6 Å². The quantitative estimate of drug-likeness (QED) is 0.585. The first-order valence-corrected chi connectivity index (χ1v) is 4.99. The molecule has 0 bridgehead atoms. The molecule has 1 aromatic heterocycles. The van der Waals surface area contributed by atoms with E-state index in [4.69, 9.17) is 9.15 Å². The average molecular weight is 216 g/mol. The Balaban J connectivity index is 2.63. The molecule has 0 unspecified atom stereocenters. The van der Waals surface area contributed by atoms with Crippen LogP contribution in [0.1, 0.15) is 5.56 Å². The Morgan fingerprint density at radius 3 is 3.00 bits per heavy atom. The monoisotopic (exact) mass is 216 g/mol. The number of rotatable bonds is 3. The van der Waals surface area contributed by atoms with E-state index in [0.717, 1.165) is 10.9 Å². The highest BCUT2D eigenvalue weighted by molar-refractivity contribution is 5.83. The minimum absolute atomic E-state index is 0.367. The van der Waals surface area contributed by atoms with E-state index in [9.17, 15) is 4.79 Å². The first-order valence-electron chi connectivity index (χ1n) is 4.99. The zero-order valence-corrected chi connectivity index (χ0v) is 9.03. The molecule has 16 heavy (non-hydrogen) atoms. The van der Waals surface area contributed by atoms with Crippen molar-refractivity contribution in [3.63, 3.8) is 0 Å². The summed E-state index contributed by atoms with van der Waals surface area (Å²) in [4.78, 5) is 11.3. The van der Waals surface area contributed by atoms with Crippen molar-refractivity contribution in [2.24, 2.45) is 0 Å². The molecule has 0 spiro atoms. The van der Waals surface area contributed by atoms with Gasteiger partial charge in [-0.15, -0.1) is 0 Å². The highest BCUT2D eigenvalue weighted by Gasteiger charge is 2.05. The molecule has 82 valence electrons. The largest absolute Gasteiger partial charge is 0.489 e. The zero-order chi connectivity index (χ0) is 11.5. The van der Waals surface area contributed by atoms with Crippen LogP contribution in [0.4, 0.5) is 0 Å². The molecule has 0 radical (unpaired) electrons. The van der Waals surface area contributed by atoms with Gasteiger partial charge < -0.3 is 9.15 Å². The van der Waals surface area contributed by atoms with Crippen LogP contribution in [0.3, 0.4) is 0 Å². The van der Waals surface area contributed by atoms with Gasteiger partial charge in [0, 0.05) is 0 Å². The van der Waals surface area contributed by atoms with Crippen LogP contribution >= 0.6 is 0 Å². The Hall–Kier alpha value is -2.03. The maximum atomic E-state index is 11.3. The van der Waals surface area contributed by atoms with E-state index in [1.165, 1.54) is 6.07 Å². The summed E-state index contributed by atoms with van der Waals surface area (Å²) < 4.78 is 10.5. The van der Waals surface area contributed by atoms with Crippen LogP contribution in [-0.2, 0) is 0 Å². The van der Waals surface area contributed by atoms with E-state index >= 15 is 0 Å². The third kappa shape index (κ3) is 1.98. The van der Waals surface area contributed by atoms with Crippen LogP contribution in [0.25, 0.3) is 11.0 Å². The lowest BCUT2D eigenvalue weighted by Crippen LogP contribution is -2.01. The summed E-state index contributed by atoms with van der Waals surface area (Å²) in [5.41, 5.74) is 1.18. The summed E-state index contributed by atoms with van der Waals surface area (Å²) in [6, 6.07) is 6.99. The Morgan fingerprint density at radius 2 is 2.25 bits per heavy atom. The SMILES string of the molecule is C=CCOc1cc(=O)oc2cc(C)ccc12. The highest BCUT2D eigenvalue weighted by Crippen LogP contribution is 2.24. The Morgan fingerprint density at radius 1 is 1.44 bits per heavy atom. The fourth-order valence-corrected chi connectivity index (χ4v) is 1.51. The smallest absolute Gasteiger partial charge is 0.339 e. The summed E-state index contributed by atoms with van der Waals surface area (Å²) in [5.74, 6) is 0.533. The van der Waals surface area contributed by atoms with Gasteiger partial charge in [0.25, 0.3) is 0 Å². The van der Waals surface area contributed by atoms with Gasteiger partial charge in [-0.1, -0.05) is 18.7 Å². The van der Waals surface area contributed by atoms with Gasteiger partial charge in [0.05, 0.1) is 11.5 Å². The summed E-state index contributed by atoms with van der Waals surface area (Å²) >= 11 is 0. The second kappa shape index (κ2) is 4.23. The number of benzene rings is 1. The molecule has 1 heterocycles. The topological polar surface area (TPSA) is 39.4 Å². The summed E-state index contributed by atoms with van der Waals surface area (Å²) in [5, 5.41) is 0.798. The van der Waals surface area contributed by atoms with Crippen molar-refractivity contribution < 1.29 is 9.15 Å². The summed E-state index contributed by atoms with van der Waals surface area (Å²) in [7, 11) is 0. The Labute approximate surface area is 93.0 Å². The summed E-state index contributed by atoms with van der Waals surface area (Å²) in [6.45, 7) is 5.87. The molecular weight excluding hydrogens is 204 g/mol. The number of ether oxygens (including phenoxy) is 1. The van der Waals surface area contributed by atoms with Crippen LogP contribution < -0.4 is 10.4 Å². The van der Waals surface area contributed by atoms with E-state index in [0.29, 0.717) is 17.9 Å². The molecule has 0 aliphatic rings. The third-order valence-corrected chi connectivity index (χ3v) is 2.22. The van der Waals surface area contributed by atoms with Gasteiger partial charge in [-0.2, -0.15) is 0 Å². The van der Waals surface area contributed by atoms with Gasteiger partial charge in [0.2, 0.25) is 0 Å². The van der Waals surface area contributed by atoms with E-state index < -0.39 is 5.63 Å². The number of hydrogen-bond donors (Lipinski definition) is 0. The van der Waals surface area contributed by atoms with Crippen molar-refractivity contribution in [3.8, 4) is 5.75 Å². The third-order valence-electron chi connectivity index (χ3n) is 2.22. The molecule has 0 saturated heterocycles. The van der Waals surface area contributed by atoms with Crippen molar-refractivity contribution in [1.82, 2.24) is 0 Å². The van der Waals surface area contributed by atoms with Gasteiger partial charge >= 0.3 is 5.63 Å². The van der Waals surface area contributed by atoms with E-state index in [1.54, 1.807) is 6.08 Å². The first kappa shape index (κ1) is 10.5. The molecule has 0 aliphatic carbocycles. The lowest BCUT2D eigenvalue weighted by molar-refractivity contribution is 0.363. The maximum Gasteiger partial charge on any atom is 0.339 e. The van der Waals surface area contributed by atoms with Crippen molar-refractivity contribution in [2.45, 2.75) is 6.92 Å². The molecule has 2 aromatic rings. The van der Waals surface area contributed by atoms with E-state index in [1.807, 2.05) is 25.1 Å².